The Labute approximate surface area is 369 Å². The van der Waals surface area contributed by atoms with E-state index < -0.39 is 72.0 Å². The number of aliphatic hydroxyl groups is 1. The van der Waals surface area contributed by atoms with E-state index >= 15 is 4.39 Å². The number of nitrogens with zero attached hydrogens (tertiary/aromatic N) is 3. The first-order valence-corrected chi connectivity index (χ1v) is 21.3. The molecule has 7 amide bonds. The number of unbranched alkanes of at least 4 members (excludes halogenated alkanes) is 2. The van der Waals surface area contributed by atoms with Crippen molar-refractivity contribution in [3.05, 3.63) is 61.7 Å². The van der Waals surface area contributed by atoms with E-state index in [-0.39, 0.29) is 87.2 Å². The number of hydrogen-bond acceptors (Lipinski definition) is 14. The van der Waals surface area contributed by atoms with Crippen molar-refractivity contribution in [2.24, 2.45) is 0 Å². The minimum atomic E-state index is -1.63. The highest BCUT2D eigenvalue weighted by molar-refractivity contribution is 7.81. The summed E-state index contributed by atoms with van der Waals surface area (Å²) in [5.74, 6) is -5.05. The van der Waals surface area contributed by atoms with E-state index in [0.717, 1.165) is 22.1 Å². The number of esters is 1. The quantitative estimate of drug-likeness (QED) is 0.0212. The SMILES string of the molecule is Cc1c(F)cc2nc3c(c4c2c1CCC4COCNC(=O)CNC(=O)CNC(=O)CNC(=O)CNC(=O)CCCCCN1C(=O)CC(S)C1=O)Cn1c-3cc2c(c1=O)COC(=O)C2O. The van der Waals surface area contributed by atoms with Crippen LogP contribution in [0.2, 0.25) is 0 Å². The van der Waals surface area contributed by atoms with Crippen LogP contribution >= 0.6 is 12.6 Å². The lowest BCUT2D eigenvalue weighted by atomic mass is 9.78. The Hall–Kier alpha value is -6.26. The topological polar surface area (TPSA) is 274 Å². The van der Waals surface area contributed by atoms with Gasteiger partial charge in [0, 0.05) is 47.9 Å². The lowest BCUT2D eigenvalue weighted by Crippen LogP contribution is -2.45. The predicted octanol–water partition coefficient (Wildman–Crippen LogP) is -0.834. The number of aliphatic hydroxyl groups excluding tert-OH is 1. The fourth-order valence-electron chi connectivity index (χ4n) is 8.38. The molecular formula is C42H47FN8O12S. The Morgan fingerprint density at radius 3 is 2.20 bits per heavy atom. The van der Waals surface area contributed by atoms with Gasteiger partial charge in [0.25, 0.3) is 5.56 Å². The monoisotopic (exact) mass is 906 g/mol. The van der Waals surface area contributed by atoms with Gasteiger partial charge in [0.2, 0.25) is 41.4 Å². The van der Waals surface area contributed by atoms with Crippen molar-refractivity contribution in [2.75, 3.05) is 46.1 Å². The number of carbonyl (C=O) groups is 8. The van der Waals surface area contributed by atoms with Gasteiger partial charge < -0.3 is 45.7 Å². The number of nitrogens with one attached hydrogen (secondary N) is 5. The summed E-state index contributed by atoms with van der Waals surface area (Å²) in [5, 5.41) is 22.7. The third-order valence-corrected chi connectivity index (χ3v) is 12.2. The number of hydrogen-bond donors (Lipinski definition) is 7. The summed E-state index contributed by atoms with van der Waals surface area (Å²) in [6.45, 7) is 0.0285. The van der Waals surface area contributed by atoms with Crippen molar-refractivity contribution in [1.29, 1.82) is 0 Å². The first-order valence-electron chi connectivity index (χ1n) is 20.8. The molecule has 0 radical (unpaired) electrons. The normalized spacial score (nSPS) is 18.2. The largest absolute Gasteiger partial charge is 0.458 e. The average molecular weight is 907 g/mol. The zero-order valence-corrected chi connectivity index (χ0v) is 35.7. The van der Waals surface area contributed by atoms with Crippen molar-refractivity contribution in [3.8, 4) is 11.4 Å². The van der Waals surface area contributed by atoms with Crippen molar-refractivity contribution in [3.63, 3.8) is 0 Å². The lowest BCUT2D eigenvalue weighted by molar-refractivity contribution is -0.157. The smallest absolute Gasteiger partial charge is 0.340 e. The molecule has 0 saturated carbocycles. The number of carbonyl (C=O) groups excluding carboxylic acids is 8. The molecule has 1 saturated heterocycles. The molecule has 3 aliphatic heterocycles. The first-order chi connectivity index (χ1) is 30.6. The molecule has 4 aliphatic rings. The molecular weight excluding hydrogens is 860 g/mol. The minimum absolute atomic E-state index is 0.0834. The summed E-state index contributed by atoms with van der Waals surface area (Å²) >= 11 is 4.08. The van der Waals surface area contributed by atoms with E-state index in [0.29, 0.717) is 54.6 Å². The molecule has 340 valence electrons. The standard InChI is InChI=1S/C42H47FN8O12S/c1-20-22-7-6-21(36-24-16-51-28(38(24)49-27(37(22)36)10-26(20)43)9-23-25(40(51)59)18-63-42(61)39(23)58)17-62-19-48-34(56)15-47-33(55)14-46-32(54)13-45-31(53)12-44-30(52)5-3-2-4-8-50-35(57)11-29(64)41(50)60/h9-10,21,29,39,58,64H,2-8,11-19H2,1H3,(H,44,52)(H,45,53)(H,46,54)(H,47,55)(H,48,56). The van der Waals surface area contributed by atoms with Crippen LogP contribution in [0.3, 0.4) is 0 Å². The molecule has 22 heteroatoms. The highest BCUT2D eigenvalue weighted by Gasteiger charge is 2.38. The number of aromatic nitrogens is 2. The fraction of sp³-hybridized carbons (Fsp3) is 0.476. The molecule has 7 rings (SSSR count). The van der Waals surface area contributed by atoms with Gasteiger partial charge >= 0.3 is 5.97 Å². The molecule has 3 unspecified atom stereocenters. The first kappa shape index (κ1) is 45.8. The summed E-state index contributed by atoms with van der Waals surface area (Å²) in [5.41, 5.74) is 3.99. The van der Waals surface area contributed by atoms with Crippen molar-refractivity contribution < 1.29 is 57.3 Å². The summed E-state index contributed by atoms with van der Waals surface area (Å²) in [6.07, 6.45) is 1.28. The van der Waals surface area contributed by atoms with Crippen LogP contribution in [0, 0.1) is 12.7 Å². The maximum absolute atomic E-state index is 15.2. The summed E-state index contributed by atoms with van der Waals surface area (Å²) in [7, 11) is 0. The van der Waals surface area contributed by atoms with Gasteiger partial charge in [-0.05, 0) is 55.4 Å². The van der Waals surface area contributed by atoms with Gasteiger partial charge in [-0.1, -0.05) is 6.42 Å². The Morgan fingerprint density at radius 1 is 0.891 bits per heavy atom. The number of benzene rings is 1. The van der Waals surface area contributed by atoms with Gasteiger partial charge in [-0.25, -0.2) is 14.2 Å². The molecule has 2 aromatic heterocycles. The number of pyridine rings is 2. The van der Waals surface area contributed by atoms with E-state index in [4.69, 9.17) is 14.5 Å². The molecule has 3 atom stereocenters. The van der Waals surface area contributed by atoms with Crippen LogP contribution in [0.1, 0.15) is 83.9 Å². The molecule has 3 aromatic rings. The van der Waals surface area contributed by atoms with E-state index in [1.807, 2.05) is 0 Å². The molecule has 1 aliphatic carbocycles. The summed E-state index contributed by atoms with van der Waals surface area (Å²) in [6, 6.07) is 2.92. The second-order valence-electron chi connectivity index (χ2n) is 15.9. The van der Waals surface area contributed by atoms with Gasteiger partial charge in [0.1, 0.15) is 19.2 Å². The number of cyclic esters (lactones) is 1. The number of imide groups is 1. The van der Waals surface area contributed by atoms with Crippen molar-refractivity contribution >= 4 is 70.9 Å². The van der Waals surface area contributed by atoms with Crippen LogP contribution in [-0.2, 0) is 67.4 Å². The number of thiol groups is 1. The molecule has 0 spiro atoms. The average Bonchev–Trinajstić information content (AvgIpc) is 3.76. The van der Waals surface area contributed by atoms with Gasteiger partial charge in [-0.3, -0.25) is 43.3 Å². The summed E-state index contributed by atoms with van der Waals surface area (Å²) in [4.78, 5) is 117. The van der Waals surface area contributed by atoms with Crippen LogP contribution in [0.5, 0.6) is 0 Å². The van der Waals surface area contributed by atoms with Gasteiger partial charge in [-0.2, -0.15) is 12.6 Å². The van der Waals surface area contributed by atoms with Gasteiger partial charge in [-0.15, -0.1) is 0 Å². The molecule has 0 bridgehead atoms. The van der Waals surface area contributed by atoms with E-state index in [1.54, 1.807) is 13.0 Å². The number of likely N-dealkylation sites (tertiary alicyclic amines) is 1. The zero-order chi connectivity index (χ0) is 45.8. The predicted molar refractivity (Wildman–Crippen MR) is 225 cm³/mol. The van der Waals surface area contributed by atoms with Gasteiger partial charge in [0.15, 0.2) is 6.10 Å². The number of amides is 7. The Balaban J connectivity index is 0.813. The van der Waals surface area contributed by atoms with Crippen LogP contribution < -0.4 is 32.1 Å². The molecule has 1 aromatic carbocycles. The highest BCUT2D eigenvalue weighted by Crippen LogP contribution is 2.46. The number of rotatable bonds is 18. The maximum atomic E-state index is 15.2. The molecule has 64 heavy (non-hydrogen) atoms. The van der Waals surface area contributed by atoms with Crippen LogP contribution in [0.25, 0.3) is 22.3 Å². The second kappa shape index (κ2) is 19.6. The van der Waals surface area contributed by atoms with E-state index in [9.17, 15) is 48.3 Å². The maximum Gasteiger partial charge on any atom is 0.340 e. The summed E-state index contributed by atoms with van der Waals surface area (Å²) < 4.78 is 27.6. The van der Waals surface area contributed by atoms with Crippen molar-refractivity contribution in [2.45, 2.75) is 82.3 Å². The van der Waals surface area contributed by atoms with E-state index in [1.165, 1.54) is 15.5 Å². The minimum Gasteiger partial charge on any atom is -0.458 e. The number of fused-ring (bicyclic) bond motifs is 5. The van der Waals surface area contributed by atoms with Crippen LogP contribution in [0.15, 0.2) is 16.9 Å². The number of aryl methyl sites for hydroxylation is 1. The molecule has 5 heterocycles. The number of halogens is 1. The zero-order valence-electron chi connectivity index (χ0n) is 34.8. The molecule has 20 nitrogen and oxygen atoms in total. The molecule has 6 N–H and O–H groups in total. The second-order valence-corrected chi connectivity index (χ2v) is 16.6. The van der Waals surface area contributed by atoms with Crippen molar-refractivity contribution in [1.82, 2.24) is 41.0 Å². The number of ether oxygens (including phenoxy) is 2. The Morgan fingerprint density at radius 2 is 1.55 bits per heavy atom. The molecule has 1 fully saturated rings. The fourth-order valence-corrected chi connectivity index (χ4v) is 8.68. The van der Waals surface area contributed by atoms with Gasteiger partial charge in [0.05, 0.1) is 67.0 Å². The third kappa shape index (κ3) is 9.77. The highest BCUT2D eigenvalue weighted by atomic mass is 32.1. The van der Waals surface area contributed by atoms with Crippen LogP contribution in [-0.4, -0.2) is 118 Å². The lowest BCUT2D eigenvalue weighted by Gasteiger charge is -2.29. The van der Waals surface area contributed by atoms with E-state index in [2.05, 4.69) is 39.2 Å². The Kier molecular flexibility index (Phi) is 14.0. The Bertz CT molecular complexity index is 2530. The van der Waals surface area contributed by atoms with Crippen LogP contribution in [0.4, 0.5) is 4.39 Å². The third-order valence-electron chi connectivity index (χ3n) is 11.7.